The molecule has 0 aliphatic carbocycles. The van der Waals surface area contributed by atoms with Crippen LogP contribution in [0.3, 0.4) is 0 Å². The zero-order valence-corrected chi connectivity index (χ0v) is 16.5. The zero-order valence-electron chi connectivity index (χ0n) is 16.5. The van der Waals surface area contributed by atoms with Gasteiger partial charge < -0.3 is 4.90 Å². The predicted octanol–water partition coefficient (Wildman–Crippen LogP) is 3.43. The van der Waals surface area contributed by atoms with Crippen molar-refractivity contribution in [2.24, 2.45) is 0 Å². The lowest BCUT2D eigenvalue weighted by Gasteiger charge is -2.38. The average Bonchev–Trinajstić information content (AvgIpc) is 3.08. The molecule has 0 aromatic heterocycles. The number of halogens is 1. The summed E-state index contributed by atoms with van der Waals surface area (Å²) in [7, 11) is 0. The molecule has 0 spiro atoms. The molecule has 0 N–H and O–H groups in total. The second-order valence-electron chi connectivity index (χ2n) is 7.79. The van der Waals surface area contributed by atoms with Crippen LogP contribution in [0.4, 0.5) is 15.8 Å². The van der Waals surface area contributed by atoms with E-state index in [-0.39, 0.29) is 24.1 Å². The number of piperazine rings is 1. The fraction of sp³-hybridized carbons (Fsp3) is 0.250. The third-order valence-electron chi connectivity index (χ3n) is 6.08. The third kappa shape index (κ3) is 3.23. The smallest absolute Gasteiger partial charge is 0.251 e. The normalized spacial score (nSPS) is 20.4. The monoisotopic (exact) mass is 403 g/mol. The van der Waals surface area contributed by atoms with Crippen molar-refractivity contribution in [3.8, 4) is 0 Å². The lowest BCUT2D eigenvalue weighted by atomic mass is 10.1. The van der Waals surface area contributed by atoms with Gasteiger partial charge in [-0.15, -0.1) is 0 Å². The van der Waals surface area contributed by atoms with Crippen molar-refractivity contribution in [1.82, 2.24) is 4.90 Å². The van der Waals surface area contributed by atoms with Crippen LogP contribution in [0.2, 0.25) is 0 Å². The summed E-state index contributed by atoms with van der Waals surface area (Å²) < 4.78 is 13.2. The quantitative estimate of drug-likeness (QED) is 0.629. The summed E-state index contributed by atoms with van der Waals surface area (Å²) >= 11 is 0. The minimum absolute atomic E-state index is 0.147. The number of carbonyl (C=O) groups excluding carboxylic acids is 2. The van der Waals surface area contributed by atoms with E-state index in [4.69, 9.17) is 0 Å². The first-order valence-corrected chi connectivity index (χ1v) is 10.2. The van der Waals surface area contributed by atoms with E-state index < -0.39 is 6.04 Å². The Bertz CT molecular complexity index is 1100. The molecule has 0 bridgehead atoms. The molecule has 2 amide bonds. The number of benzene rings is 3. The van der Waals surface area contributed by atoms with Gasteiger partial charge in [0.15, 0.2) is 0 Å². The van der Waals surface area contributed by atoms with E-state index in [1.807, 2.05) is 42.5 Å². The Hall–Kier alpha value is -3.25. The molecule has 1 atom stereocenters. The second-order valence-corrected chi connectivity index (χ2v) is 7.79. The van der Waals surface area contributed by atoms with Crippen LogP contribution in [-0.4, -0.2) is 48.9 Å². The maximum atomic E-state index is 13.3. The number of hydrogen-bond donors (Lipinski definition) is 0. The van der Waals surface area contributed by atoms with Gasteiger partial charge in [-0.1, -0.05) is 36.4 Å². The van der Waals surface area contributed by atoms with Crippen LogP contribution in [0.25, 0.3) is 10.8 Å². The Morgan fingerprint density at radius 1 is 0.800 bits per heavy atom. The van der Waals surface area contributed by atoms with Crippen LogP contribution in [0, 0.1) is 5.82 Å². The van der Waals surface area contributed by atoms with Gasteiger partial charge in [0.2, 0.25) is 5.91 Å². The van der Waals surface area contributed by atoms with Crippen molar-refractivity contribution in [1.29, 1.82) is 0 Å². The number of hydrogen-bond acceptors (Lipinski definition) is 4. The van der Waals surface area contributed by atoms with Crippen LogP contribution < -0.4 is 9.80 Å². The summed E-state index contributed by atoms with van der Waals surface area (Å²) in [6, 6.07) is 19.5. The number of imide groups is 1. The van der Waals surface area contributed by atoms with Gasteiger partial charge in [0.25, 0.3) is 5.91 Å². The first kappa shape index (κ1) is 18.8. The Balaban J connectivity index is 1.33. The number of fused-ring (bicyclic) bond motifs is 1. The molecule has 3 aromatic carbocycles. The Kier molecular flexibility index (Phi) is 4.71. The summed E-state index contributed by atoms with van der Waals surface area (Å²) in [5.41, 5.74) is 1.64. The van der Waals surface area contributed by atoms with E-state index in [9.17, 15) is 14.0 Å². The van der Waals surface area contributed by atoms with Gasteiger partial charge in [-0.2, -0.15) is 0 Å². The first-order chi connectivity index (χ1) is 14.6. The van der Waals surface area contributed by atoms with E-state index in [1.54, 1.807) is 12.1 Å². The summed E-state index contributed by atoms with van der Waals surface area (Å²) in [5, 5.41) is 1.91. The van der Waals surface area contributed by atoms with E-state index >= 15 is 0 Å². The highest BCUT2D eigenvalue weighted by Crippen LogP contribution is 2.32. The van der Waals surface area contributed by atoms with Crippen molar-refractivity contribution in [3.63, 3.8) is 0 Å². The number of rotatable bonds is 3. The van der Waals surface area contributed by atoms with Crippen LogP contribution in [0.15, 0.2) is 66.7 Å². The molecular formula is C24H22FN3O2. The molecule has 0 unspecified atom stereocenters. The maximum Gasteiger partial charge on any atom is 0.251 e. The minimum atomic E-state index is -0.424. The van der Waals surface area contributed by atoms with Gasteiger partial charge in [-0.3, -0.25) is 14.5 Å². The van der Waals surface area contributed by atoms with Crippen LogP contribution >= 0.6 is 0 Å². The van der Waals surface area contributed by atoms with E-state index in [0.29, 0.717) is 18.8 Å². The highest BCUT2D eigenvalue weighted by Gasteiger charge is 2.43. The molecule has 152 valence electrons. The van der Waals surface area contributed by atoms with E-state index in [1.165, 1.54) is 17.0 Å². The molecule has 2 aliphatic rings. The fourth-order valence-corrected chi connectivity index (χ4v) is 4.50. The Morgan fingerprint density at radius 2 is 1.50 bits per heavy atom. The van der Waals surface area contributed by atoms with E-state index in [0.717, 1.165) is 29.5 Å². The van der Waals surface area contributed by atoms with Gasteiger partial charge in [0.05, 0.1) is 18.2 Å². The molecule has 2 fully saturated rings. The number of amides is 2. The lowest BCUT2D eigenvalue weighted by molar-refractivity contribution is -0.123. The van der Waals surface area contributed by atoms with Gasteiger partial charge in [0, 0.05) is 37.3 Å². The molecule has 5 rings (SSSR count). The van der Waals surface area contributed by atoms with Gasteiger partial charge in [-0.25, -0.2) is 9.29 Å². The molecule has 6 heteroatoms. The molecule has 0 saturated carbocycles. The second kappa shape index (κ2) is 7.54. The standard InChI is InChI=1S/C24H22FN3O2/c25-18-8-10-19(11-9-18)26-12-14-27(15-13-26)22-16-23(29)28(24(22)30)21-7-3-5-17-4-1-2-6-20(17)21/h1-11,22H,12-16H2/t22-/m0/s1. The highest BCUT2D eigenvalue weighted by atomic mass is 19.1. The molecule has 2 aliphatic heterocycles. The Labute approximate surface area is 174 Å². The van der Waals surface area contributed by atoms with Gasteiger partial charge in [0.1, 0.15) is 5.82 Å². The number of anilines is 2. The maximum absolute atomic E-state index is 13.3. The minimum Gasteiger partial charge on any atom is -0.369 e. The summed E-state index contributed by atoms with van der Waals surface area (Å²) in [5.74, 6) is -0.546. The summed E-state index contributed by atoms with van der Waals surface area (Å²) in [6.45, 7) is 2.84. The molecule has 2 heterocycles. The zero-order chi connectivity index (χ0) is 20.7. The molecule has 0 radical (unpaired) electrons. The average molecular weight is 403 g/mol. The van der Waals surface area contributed by atoms with Crippen LogP contribution in [-0.2, 0) is 9.59 Å². The lowest BCUT2D eigenvalue weighted by Crippen LogP contribution is -2.52. The molecule has 30 heavy (non-hydrogen) atoms. The fourth-order valence-electron chi connectivity index (χ4n) is 4.50. The van der Waals surface area contributed by atoms with Crippen molar-refractivity contribution >= 4 is 34.0 Å². The molecule has 5 nitrogen and oxygen atoms in total. The highest BCUT2D eigenvalue weighted by molar-refractivity contribution is 6.25. The van der Waals surface area contributed by atoms with Crippen LogP contribution in [0.5, 0.6) is 0 Å². The van der Waals surface area contributed by atoms with Crippen molar-refractivity contribution in [2.75, 3.05) is 36.0 Å². The third-order valence-corrected chi connectivity index (χ3v) is 6.08. The topological polar surface area (TPSA) is 43.9 Å². The van der Waals surface area contributed by atoms with Crippen LogP contribution in [0.1, 0.15) is 6.42 Å². The molecular weight excluding hydrogens is 381 g/mol. The largest absolute Gasteiger partial charge is 0.369 e. The van der Waals surface area contributed by atoms with Crippen molar-refractivity contribution in [2.45, 2.75) is 12.5 Å². The summed E-state index contributed by atoms with van der Waals surface area (Å²) in [4.78, 5) is 31.7. The molecule has 3 aromatic rings. The van der Waals surface area contributed by atoms with E-state index in [2.05, 4.69) is 9.80 Å². The summed E-state index contributed by atoms with van der Waals surface area (Å²) in [6.07, 6.45) is 0.207. The molecule has 2 saturated heterocycles. The van der Waals surface area contributed by atoms with Gasteiger partial charge >= 0.3 is 0 Å². The van der Waals surface area contributed by atoms with Gasteiger partial charge in [-0.05, 0) is 35.7 Å². The Morgan fingerprint density at radius 3 is 2.27 bits per heavy atom. The SMILES string of the molecule is O=C1C[C@H](N2CCN(c3ccc(F)cc3)CC2)C(=O)N1c1cccc2ccccc12. The van der Waals surface area contributed by atoms with Crippen molar-refractivity contribution in [3.05, 3.63) is 72.5 Å². The number of carbonyl (C=O) groups is 2. The first-order valence-electron chi connectivity index (χ1n) is 10.2. The predicted molar refractivity (Wildman–Crippen MR) is 115 cm³/mol. The van der Waals surface area contributed by atoms with Crippen molar-refractivity contribution < 1.29 is 14.0 Å². The number of nitrogens with zero attached hydrogens (tertiary/aromatic N) is 3.